The van der Waals surface area contributed by atoms with Gasteiger partial charge in [0.1, 0.15) is 9.77 Å². The Morgan fingerprint density at radius 3 is 2.62 bits per heavy atom. The smallest absolute Gasteiger partial charge is 0.268 e. The number of aryl methyl sites for hydroxylation is 1. The van der Waals surface area contributed by atoms with Gasteiger partial charge in [0.25, 0.3) is 5.91 Å². The second-order valence-electron chi connectivity index (χ2n) is 6.89. The van der Waals surface area contributed by atoms with Crippen LogP contribution in [0.1, 0.15) is 34.5 Å². The molecule has 1 aliphatic heterocycles. The zero-order chi connectivity index (χ0) is 20.4. The normalized spacial score (nSPS) is 15.3. The van der Waals surface area contributed by atoms with E-state index in [1.165, 1.54) is 21.7 Å². The Balaban J connectivity index is 1.55. The van der Waals surface area contributed by atoms with Crippen LogP contribution in [-0.4, -0.2) is 36.7 Å². The van der Waals surface area contributed by atoms with E-state index in [0.717, 1.165) is 47.4 Å². The van der Waals surface area contributed by atoms with Crippen LogP contribution in [0.25, 0.3) is 11.3 Å². The minimum Gasteiger partial charge on any atom is -0.297 e. The van der Waals surface area contributed by atoms with Gasteiger partial charge >= 0.3 is 0 Å². The van der Waals surface area contributed by atoms with Crippen LogP contribution in [0.4, 0.5) is 5.13 Å². The van der Waals surface area contributed by atoms with Crippen LogP contribution in [0.5, 0.6) is 0 Å². The van der Waals surface area contributed by atoms with Crippen molar-refractivity contribution in [3.63, 3.8) is 0 Å². The van der Waals surface area contributed by atoms with Gasteiger partial charge < -0.3 is 0 Å². The number of carbonyl (C=O) groups is 1. The molecule has 1 saturated heterocycles. The second kappa shape index (κ2) is 8.35. The topological polar surface area (TPSA) is 79.4 Å². The molecule has 1 amide bonds. The van der Waals surface area contributed by atoms with Crippen molar-refractivity contribution < 1.29 is 13.2 Å². The highest BCUT2D eigenvalue weighted by Crippen LogP contribution is 2.30. The maximum absolute atomic E-state index is 13.0. The summed E-state index contributed by atoms with van der Waals surface area (Å²) >= 11 is 2.45. The van der Waals surface area contributed by atoms with Gasteiger partial charge in [-0.3, -0.25) is 10.1 Å². The molecule has 4 rings (SSSR count). The molecule has 9 heteroatoms. The lowest BCUT2D eigenvalue weighted by Crippen LogP contribution is -2.36. The monoisotopic (exact) mass is 447 g/mol. The van der Waals surface area contributed by atoms with Crippen molar-refractivity contribution >= 4 is 43.7 Å². The minimum absolute atomic E-state index is 0.0811. The van der Waals surface area contributed by atoms with Gasteiger partial charge in [0.2, 0.25) is 10.0 Å². The molecule has 3 aromatic rings. The summed E-state index contributed by atoms with van der Waals surface area (Å²) in [7, 11) is -3.66. The van der Waals surface area contributed by atoms with Crippen LogP contribution in [0.2, 0.25) is 0 Å². The summed E-state index contributed by atoms with van der Waals surface area (Å²) in [4.78, 5) is 17.6. The molecule has 152 valence electrons. The Kier molecular flexibility index (Phi) is 5.82. The van der Waals surface area contributed by atoms with E-state index in [-0.39, 0.29) is 9.77 Å². The molecule has 1 fully saturated rings. The van der Waals surface area contributed by atoms with Crippen molar-refractivity contribution in [1.29, 1.82) is 0 Å². The summed E-state index contributed by atoms with van der Waals surface area (Å²) in [6, 6.07) is 9.43. The number of thiazole rings is 1. The predicted octanol–water partition coefficient (Wildman–Crippen LogP) is 4.61. The van der Waals surface area contributed by atoms with E-state index in [2.05, 4.69) is 10.3 Å². The van der Waals surface area contributed by atoms with Crippen molar-refractivity contribution in [2.24, 2.45) is 0 Å². The zero-order valence-corrected chi connectivity index (χ0v) is 18.4. The number of piperidine rings is 1. The average Bonchev–Trinajstić information content (AvgIpc) is 3.39. The quantitative estimate of drug-likeness (QED) is 0.620. The maximum atomic E-state index is 13.0. The molecular weight excluding hydrogens is 426 g/mol. The Labute approximate surface area is 178 Å². The third-order valence-electron chi connectivity index (χ3n) is 4.91. The highest BCUT2D eigenvalue weighted by Gasteiger charge is 2.31. The first-order chi connectivity index (χ1) is 14.0. The Bertz CT molecular complexity index is 1130. The highest BCUT2D eigenvalue weighted by molar-refractivity contribution is 7.89. The molecule has 1 N–H and O–H groups in total. The van der Waals surface area contributed by atoms with Gasteiger partial charge in [-0.15, -0.1) is 22.7 Å². The van der Waals surface area contributed by atoms with Crippen LogP contribution < -0.4 is 5.32 Å². The molecule has 29 heavy (non-hydrogen) atoms. The van der Waals surface area contributed by atoms with Crippen LogP contribution in [0, 0.1) is 6.92 Å². The van der Waals surface area contributed by atoms with E-state index >= 15 is 0 Å². The van der Waals surface area contributed by atoms with Gasteiger partial charge in [-0.25, -0.2) is 13.4 Å². The first kappa shape index (κ1) is 20.2. The number of aromatic nitrogens is 1. The third-order valence-corrected chi connectivity index (χ3v) is 8.65. The molecule has 0 spiro atoms. The standard InChI is InChI=1S/C20H21N3O3S3/c1-14-7-3-4-8-15(14)16-13-28-20(21-16)22-19(24)18-17(9-12-27-18)29(25,26)23-10-5-2-6-11-23/h3-4,7-9,12-13H,2,5-6,10-11H2,1H3,(H,21,22,24). The van der Waals surface area contributed by atoms with Crippen LogP contribution in [-0.2, 0) is 10.0 Å². The molecule has 0 bridgehead atoms. The SMILES string of the molecule is Cc1ccccc1-c1csc(NC(=O)c2sccc2S(=O)(=O)N2CCCCC2)n1. The van der Waals surface area contributed by atoms with E-state index in [4.69, 9.17) is 0 Å². The first-order valence-corrected chi connectivity index (χ1v) is 12.6. The summed E-state index contributed by atoms with van der Waals surface area (Å²) in [5.74, 6) is -0.443. The van der Waals surface area contributed by atoms with E-state index in [1.54, 1.807) is 5.38 Å². The number of nitrogens with one attached hydrogen (secondary N) is 1. The molecular formula is C20H21N3O3S3. The molecule has 0 atom stereocenters. The van der Waals surface area contributed by atoms with Gasteiger partial charge in [0.05, 0.1) is 5.69 Å². The number of carbonyl (C=O) groups excluding carboxylic acids is 1. The van der Waals surface area contributed by atoms with Crippen LogP contribution >= 0.6 is 22.7 Å². The Morgan fingerprint density at radius 2 is 1.86 bits per heavy atom. The Morgan fingerprint density at radius 1 is 1.10 bits per heavy atom. The fourth-order valence-electron chi connectivity index (χ4n) is 3.38. The number of amides is 1. The van der Waals surface area contributed by atoms with E-state index < -0.39 is 15.9 Å². The van der Waals surface area contributed by atoms with Gasteiger partial charge in [0.15, 0.2) is 5.13 Å². The number of nitrogens with zero attached hydrogens (tertiary/aromatic N) is 2. The van der Waals surface area contributed by atoms with E-state index in [0.29, 0.717) is 18.2 Å². The number of hydrogen-bond donors (Lipinski definition) is 1. The Hall–Kier alpha value is -2.07. The van der Waals surface area contributed by atoms with Gasteiger partial charge in [-0.05, 0) is 36.8 Å². The second-order valence-corrected chi connectivity index (χ2v) is 10.6. The number of hydrogen-bond acceptors (Lipinski definition) is 6. The maximum Gasteiger partial charge on any atom is 0.268 e. The van der Waals surface area contributed by atoms with Gasteiger partial charge in [0, 0.05) is 24.0 Å². The fraction of sp³-hybridized carbons (Fsp3) is 0.300. The largest absolute Gasteiger partial charge is 0.297 e. The summed E-state index contributed by atoms with van der Waals surface area (Å²) in [5.41, 5.74) is 2.90. The molecule has 2 aromatic heterocycles. The molecule has 0 saturated carbocycles. The van der Waals surface area contributed by atoms with E-state index in [1.807, 2.05) is 36.6 Å². The fourth-order valence-corrected chi connectivity index (χ4v) is 6.90. The van der Waals surface area contributed by atoms with Crippen molar-refractivity contribution in [2.45, 2.75) is 31.1 Å². The van der Waals surface area contributed by atoms with Crippen molar-refractivity contribution in [2.75, 3.05) is 18.4 Å². The third kappa shape index (κ3) is 4.13. The summed E-state index contributed by atoms with van der Waals surface area (Å²) in [6.45, 7) is 3.02. The lowest BCUT2D eigenvalue weighted by Gasteiger charge is -2.25. The molecule has 0 aliphatic carbocycles. The lowest BCUT2D eigenvalue weighted by molar-refractivity contribution is 0.102. The number of rotatable bonds is 5. The van der Waals surface area contributed by atoms with Crippen LogP contribution in [0.15, 0.2) is 46.0 Å². The molecule has 0 unspecified atom stereocenters. The lowest BCUT2D eigenvalue weighted by atomic mass is 10.1. The number of anilines is 1. The molecule has 0 radical (unpaired) electrons. The summed E-state index contributed by atoms with van der Waals surface area (Å²) < 4.78 is 27.5. The first-order valence-electron chi connectivity index (χ1n) is 9.37. The summed E-state index contributed by atoms with van der Waals surface area (Å²) in [5, 5.41) is 6.74. The van der Waals surface area contributed by atoms with Crippen LogP contribution in [0.3, 0.4) is 0 Å². The number of sulfonamides is 1. The van der Waals surface area contributed by atoms with Crippen molar-refractivity contribution in [1.82, 2.24) is 9.29 Å². The van der Waals surface area contributed by atoms with E-state index in [9.17, 15) is 13.2 Å². The highest BCUT2D eigenvalue weighted by atomic mass is 32.2. The molecule has 3 heterocycles. The number of benzene rings is 1. The summed E-state index contributed by atoms with van der Waals surface area (Å²) in [6.07, 6.45) is 2.74. The average molecular weight is 448 g/mol. The predicted molar refractivity (Wildman–Crippen MR) is 117 cm³/mol. The zero-order valence-electron chi connectivity index (χ0n) is 15.9. The molecule has 1 aliphatic rings. The molecule has 1 aromatic carbocycles. The number of thiophene rings is 1. The van der Waals surface area contributed by atoms with Crippen molar-refractivity contribution in [3.8, 4) is 11.3 Å². The van der Waals surface area contributed by atoms with Gasteiger partial charge in [-0.2, -0.15) is 4.31 Å². The molecule has 6 nitrogen and oxygen atoms in total. The van der Waals surface area contributed by atoms with Crippen molar-refractivity contribution in [3.05, 3.63) is 51.5 Å². The minimum atomic E-state index is -3.66. The van der Waals surface area contributed by atoms with Gasteiger partial charge in [-0.1, -0.05) is 30.7 Å².